The van der Waals surface area contributed by atoms with Crippen LogP contribution in [-0.4, -0.2) is 8.42 Å². The molecule has 0 saturated heterocycles. The van der Waals surface area contributed by atoms with E-state index in [1.807, 2.05) is 22.9 Å². The van der Waals surface area contributed by atoms with Gasteiger partial charge >= 0.3 is 0 Å². The Hall–Kier alpha value is -0.360. The molecule has 0 unspecified atom stereocenters. The van der Waals surface area contributed by atoms with Crippen LogP contribution in [0.2, 0.25) is 0 Å². The van der Waals surface area contributed by atoms with Crippen molar-refractivity contribution in [3.05, 3.63) is 44.8 Å². The topological polar surface area (TPSA) is 34.1 Å². The third-order valence-electron chi connectivity index (χ3n) is 1.88. The van der Waals surface area contributed by atoms with Crippen molar-refractivity contribution < 1.29 is 8.42 Å². The Morgan fingerprint density at radius 2 is 1.53 bits per heavy atom. The van der Waals surface area contributed by atoms with Gasteiger partial charge < -0.3 is 0 Å². The number of hydrogen-bond acceptors (Lipinski definition) is 4. The predicted octanol–water partition coefficient (Wildman–Crippen LogP) is 3.47. The van der Waals surface area contributed by atoms with E-state index < -0.39 is 14.3 Å². The van der Waals surface area contributed by atoms with Crippen LogP contribution >= 0.6 is 33.4 Å². The molecule has 80 valence electrons. The van der Waals surface area contributed by atoms with Crippen molar-refractivity contribution in [2.75, 3.05) is 0 Å². The summed E-state index contributed by atoms with van der Waals surface area (Å²) in [6, 6.07) is 7.22. The minimum atomic E-state index is -3.62. The van der Waals surface area contributed by atoms with E-state index in [1.165, 1.54) is 22.7 Å². The van der Waals surface area contributed by atoms with Crippen molar-refractivity contribution in [3.8, 4) is 0 Å². The molecule has 0 aliphatic rings. The molecule has 0 saturated carbocycles. The van der Waals surface area contributed by atoms with Crippen LogP contribution in [0.4, 0.5) is 0 Å². The number of halogens is 1. The maximum absolute atomic E-state index is 11.5. The van der Waals surface area contributed by atoms with Gasteiger partial charge in [-0.1, -0.05) is 12.1 Å². The quantitative estimate of drug-likeness (QED) is 0.806. The Labute approximate surface area is 101 Å². The van der Waals surface area contributed by atoms with Gasteiger partial charge in [-0.05, 0) is 22.9 Å². The summed E-state index contributed by atoms with van der Waals surface area (Å²) in [5, 5.41) is 2.97. The normalized spacial score (nSPS) is 12.1. The van der Waals surface area contributed by atoms with E-state index in [1.54, 1.807) is 12.1 Å². The van der Waals surface area contributed by atoms with Crippen LogP contribution in [0.15, 0.2) is 35.0 Å². The molecule has 0 aromatic carbocycles. The van der Waals surface area contributed by atoms with Crippen molar-refractivity contribution in [1.29, 1.82) is 0 Å². The van der Waals surface area contributed by atoms with Gasteiger partial charge in [-0.25, -0.2) is 8.42 Å². The Morgan fingerprint density at radius 1 is 1.07 bits per heavy atom. The van der Waals surface area contributed by atoms with Gasteiger partial charge in [0, 0.05) is 20.4 Å². The molecule has 0 N–H and O–H groups in total. The molecule has 2 heterocycles. The zero-order valence-corrected chi connectivity index (χ0v) is 10.7. The second kappa shape index (κ2) is 4.25. The fourth-order valence-corrected chi connectivity index (χ4v) is 5.52. The average molecular weight is 279 g/mol. The summed E-state index contributed by atoms with van der Waals surface area (Å²) < 4.78 is 23.0. The first-order valence-corrected chi connectivity index (χ1v) is 8.22. The van der Waals surface area contributed by atoms with Crippen molar-refractivity contribution in [2.24, 2.45) is 0 Å². The van der Waals surface area contributed by atoms with E-state index in [-0.39, 0.29) is 0 Å². The highest BCUT2D eigenvalue weighted by molar-refractivity contribution is 8.14. The largest absolute Gasteiger partial charge is 0.245 e. The Bertz CT molecular complexity index is 479. The molecule has 0 aliphatic carbocycles. The van der Waals surface area contributed by atoms with Gasteiger partial charge in [0.05, 0.1) is 0 Å². The second-order valence-corrected chi connectivity index (χ2v) is 7.56. The summed E-state index contributed by atoms with van der Waals surface area (Å²) in [6.07, 6.45) is 0. The van der Waals surface area contributed by atoms with Gasteiger partial charge in [0.1, 0.15) is 5.25 Å². The van der Waals surface area contributed by atoms with Gasteiger partial charge in [0.2, 0.25) is 9.05 Å². The lowest BCUT2D eigenvalue weighted by molar-refractivity contribution is 0.604. The lowest BCUT2D eigenvalue weighted by atomic mass is 10.3. The molecule has 2 aromatic heterocycles. The molecule has 2 aromatic rings. The van der Waals surface area contributed by atoms with Crippen molar-refractivity contribution in [1.82, 2.24) is 0 Å². The van der Waals surface area contributed by atoms with E-state index in [0.29, 0.717) is 0 Å². The smallest absolute Gasteiger partial charge is 0.211 e. The maximum atomic E-state index is 11.5. The summed E-state index contributed by atoms with van der Waals surface area (Å²) in [6.45, 7) is 0. The van der Waals surface area contributed by atoms with Gasteiger partial charge in [0.25, 0.3) is 0 Å². The first kappa shape index (κ1) is 11.1. The number of rotatable bonds is 3. The highest BCUT2D eigenvalue weighted by Crippen LogP contribution is 2.37. The lowest BCUT2D eigenvalue weighted by Gasteiger charge is -2.08. The fraction of sp³-hybridized carbons (Fsp3) is 0.111. The third-order valence-corrected chi connectivity index (χ3v) is 5.66. The maximum Gasteiger partial charge on any atom is 0.245 e. The van der Waals surface area contributed by atoms with Crippen LogP contribution < -0.4 is 0 Å². The first-order valence-electron chi connectivity index (χ1n) is 4.09. The number of hydrogen-bond donors (Lipinski definition) is 0. The Balaban J connectivity index is 2.52. The van der Waals surface area contributed by atoms with E-state index >= 15 is 0 Å². The fourth-order valence-electron chi connectivity index (χ4n) is 1.30. The molecule has 15 heavy (non-hydrogen) atoms. The summed E-state index contributed by atoms with van der Waals surface area (Å²) in [5.74, 6) is 0. The summed E-state index contributed by atoms with van der Waals surface area (Å²) in [7, 11) is 1.85. The molecule has 0 fully saturated rings. The summed E-state index contributed by atoms with van der Waals surface area (Å²) >= 11 is 2.80. The summed E-state index contributed by atoms with van der Waals surface area (Å²) in [5.41, 5.74) is 0. The molecule has 2 nitrogen and oxygen atoms in total. The minimum absolute atomic E-state index is 0.723. The highest BCUT2D eigenvalue weighted by Gasteiger charge is 2.28. The van der Waals surface area contributed by atoms with Crippen molar-refractivity contribution in [3.63, 3.8) is 0 Å². The van der Waals surface area contributed by atoms with Crippen LogP contribution in [0.1, 0.15) is 15.0 Å². The van der Waals surface area contributed by atoms with Gasteiger partial charge in [-0.3, -0.25) is 0 Å². The molecule has 0 atom stereocenters. The molecule has 0 aliphatic heterocycles. The monoisotopic (exact) mass is 278 g/mol. The minimum Gasteiger partial charge on any atom is -0.211 e. The Kier molecular flexibility index (Phi) is 3.16. The van der Waals surface area contributed by atoms with Crippen LogP contribution in [0, 0.1) is 0 Å². The number of thiophene rings is 2. The van der Waals surface area contributed by atoms with Crippen LogP contribution in [-0.2, 0) is 9.05 Å². The summed E-state index contributed by atoms with van der Waals surface area (Å²) in [4.78, 5) is 1.51. The van der Waals surface area contributed by atoms with Gasteiger partial charge in [-0.2, -0.15) is 0 Å². The molecule has 0 amide bonds. The predicted molar refractivity (Wildman–Crippen MR) is 65.3 cm³/mol. The first-order chi connectivity index (χ1) is 7.09. The average Bonchev–Trinajstić information content (AvgIpc) is 2.73. The van der Waals surface area contributed by atoms with Gasteiger partial charge in [-0.15, -0.1) is 22.7 Å². The standard InChI is InChI=1S/C9H7ClO2S3/c10-15(11,12)9(7-3-1-5-13-7)8-4-2-6-14-8/h1-6,9H. The molecule has 0 spiro atoms. The van der Waals surface area contributed by atoms with E-state index in [9.17, 15) is 8.42 Å². The molecule has 0 radical (unpaired) electrons. The van der Waals surface area contributed by atoms with Crippen LogP contribution in [0.3, 0.4) is 0 Å². The third kappa shape index (κ3) is 2.42. The molecular weight excluding hydrogens is 272 g/mol. The Morgan fingerprint density at radius 3 is 1.80 bits per heavy atom. The molecular formula is C9H7ClO2S3. The van der Waals surface area contributed by atoms with Crippen LogP contribution in [0.5, 0.6) is 0 Å². The van der Waals surface area contributed by atoms with E-state index in [2.05, 4.69) is 0 Å². The molecule has 6 heteroatoms. The van der Waals surface area contributed by atoms with E-state index in [0.717, 1.165) is 9.75 Å². The molecule has 0 bridgehead atoms. The lowest BCUT2D eigenvalue weighted by Crippen LogP contribution is -2.05. The SMILES string of the molecule is O=S(=O)(Cl)C(c1cccs1)c1cccs1. The highest BCUT2D eigenvalue weighted by atomic mass is 35.7. The van der Waals surface area contributed by atoms with E-state index in [4.69, 9.17) is 10.7 Å². The van der Waals surface area contributed by atoms with Crippen molar-refractivity contribution in [2.45, 2.75) is 5.25 Å². The molecule has 2 rings (SSSR count). The second-order valence-electron chi connectivity index (χ2n) is 2.89. The zero-order chi connectivity index (χ0) is 10.9. The van der Waals surface area contributed by atoms with Crippen LogP contribution in [0.25, 0.3) is 0 Å². The van der Waals surface area contributed by atoms with Gasteiger partial charge in [0.15, 0.2) is 0 Å². The van der Waals surface area contributed by atoms with Crippen molar-refractivity contribution >= 4 is 42.4 Å². The zero-order valence-electron chi connectivity index (χ0n) is 7.46.